The molecule has 0 aromatic heterocycles. The van der Waals surface area contributed by atoms with Crippen molar-refractivity contribution in [3.05, 3.63) is 0 Å². The molecule has 0 aromatic carbocycles. The summed E-state index contributed by atoms with van der Waals surface area (Å²) in [6.45, 7) is 4.21. The first-order valence-electron chi connectivity index (χ1n) is 6.26. The maximum atomic E-state index is 11.6. The SMILES string of the molecule is CCCC(=O)C(C)CC1CCCCC1. The van der Waals surface area contributed by atoms with Crippen molar-refractivity contribution in [1.29, 1.82) is 0 Å². The van der Waals surface area contributed by atoms with Crippen molar-refractivity contribution in [2.45, 2.75) is 65.2 Å². The van der Waals surface area contributed by atoms with Gasteiger partial charge >= 0.3 is 0 Å². The predicted octanol–water partition coefficient (Wildman–Crippen LogP) is 3.96. The normalized spacial score (nSPS) is 20.7. The summed E-state index contributed by atoms with van der Waals surface area (Å²) in [6.07, 6.45) is 9.86. The van der Waals surface area contributed by atoms with Gasteiger partial charge in [0.25, 0.3) is 0 Å². The summed E-state index contributed by atoms with van der Waals surface area (Å²) in [6, 6.07) is 0. The van der Waals surface area contributed by atoms with Crippen LogP contribution in [0, 0.1) is 11.8 Å². The van der Waals surface area contributed by atoms with E-state index < -0.39 is 0 Å². The topological polar surface area (TPSA) is 17.1 Å². The van der Waals surface area contributed by atoms with Crippen LogP contribution in [0.2, 0.25) is 0 Å². The molecule has 1 aliphatic rings. The number of ketones is 1. The summed E-state index contributed by atoms with van der Waals surface area (Å²) in [5.74, 6) is 1.65. The van der Waals surface area contributed by atoms with Gasteiger partial charge in [-0.05, 0) is 18.8 Å². The first kappa shape index (κ1) is 11.7. The van der Waals surface area contributed by atoms with Crippen molar-refractivity contribution in [1.82, 2.24) is 0 Å². The lowest BCUT2D eigenvalue weighted by molar-refractivity contribution is -0.123. The molecule has 1 nitrogen and oxygen atoms in total. The fourth-order valence-electron chi connectivity index (χ4n) is 2.55. The van der Waals surface area contributed by atoms with Crippen LogP contribution in [0.3, 0.4) is 0 Å². The maximum absolute atomic E-state index is 11.6. The van der Waals surface area contributed by atoms with Crippen LogP contribution in [0.4, 0.5) is 0 Å². The molecular formula is C13H24O. The average Bonchev–Trinajstić information content (AvgIpc) is 2.19. The Morgan fingerprint density at radius 3 is 2.50 bits per heavy atom. The van der Waals surface area contributed by atoms with Crippen molar-refractivity contribution in [2.75, 3.05) is 0 Å². The van der Waals surface area contributed by atoms with Gasteiger partial charge in [0.05, 0.1) is 0 Å². The van der Waals surface area contributed by atoms with Gasteiger partial charge in [0.15, 0.2) is 0 Å². The molecule has 0 radical (unpaired) electrons. The van der Waals surface area contributed by atoms with Crippen LogP contribution in [-0.4, -0.2) is 5.78 Å². The van der Waals surface area contributed by atoms with E-state index in [0.29, 0.717) is 11.7 Å². The van der Waals surface area contributed by atoms with Gasteiger partial charge in [0, 0.05) is 12.3 Å². The number of Topliss-reactive ketones (excluding diaryl/α,β-unsaturated/α-hetero) is 1. The molecule has 14 heavy (non-hydrogen) atoms. The van der Waals surface area contributed by atoms with Crippen molar-refractivity contribution in [2.24, 2.45) is 11.8 Å². The van der Waals surface area contributed by atoms with Crippen LogP contribution < -0.4 is 0 Å². The second-order valence-corrected chi connectivity index (χ2v) is 4.86. The highest BCUT2D eigenvalue weighted by atomic mass is 16.1. The van der Waals surface area contributed by atoms with E-state index in [9.17, 15) is 4.79 Å². The Morgan fingerprint density at radius 2 is 1.93 bits per heavy atom. The largest absolute Gasteiger partial charge is 0.299 e. The Bertz CT molecular complexity index is 168. The number of carbonyl (C=O) groups excluding carboxylic acids is 1. The predicted molar refractivity (Wildman–Crippen MR) is 60.3 cm³/mol. The minimum absolute atomic E-state index is 0.318. The van der Waals surface area contributed by atoms with Gasteiger partial charge in [-0.1, -0.05) is 46.0 Å². The molecular weight excluding hydrogens is 172 g/mol. The molecule has 1 rings (SSSR count). The molecule has 0 bridgehead atoms. The highest BCUT2D eigenvalue weighted by Gasteiger charge is 2.19. The summed E-state index contributed by atoms with van der Waals surface area (Å²) in [7, 11) is 0. The number of hydrogen-bond donors (Lipinski definition) is 0. The molecule has 0 heterocycles. The number of rotatable bonds is 5. The zero-order valence-corrected chi connectivity index (χ0v) is 9.72. The van der Waals surface area contributed by atoms with Crippen molar-refractivity contribution < 1.29 is 4.79 Å². The van der Waals surface area contributed by atoms with E-state index in [2.05, 4.69) is 13.8 Å². The fraction of sp³-hybridized carbons (Fsp3) is 0.923. The second-order valence-electron chi connectivity index (χ2n) is 4.86. The van der Waals surface area contributed by atoms with Crippen molar-refractivity contribution in [3.8, 4) is 0 Å². The van der Waals surface area contributed by atoms with Crippen LogP contribution >= 0.6 is 0 Å². The van der Waals surface area contributed by atoms with Gasteiger partial charge in [-0.15, -0.1) is 0 Å². The third kappa shape index (κ3) is 3.81. The Morgan fingerprint density at radius 1 is 1.29 bits per heavy atom. The average molecular weight is 196 g/mol. The summed E-state index contributed by atoms with van der Waals surface area (Å²) < 4.78 is 0. The van der Waals surface area contributed by atoms with Gasteiger partial charge in [-0.3, -0.25) is 4.79 Å². The highest BCUT2D eigenvalue weighted by molar-refractivity contribution is 5.80. The molecule has 1 saturated carbocycles. The summed E-state index contributed by atoms with van der Waals surface area (Å²) in [5, 5.41) is 0. The van der Waals surface area contributed by atoms with E-state index in [4.69, 9.17) is 0 Å². The van der Waals surface area contributed by atoms with Gasteiger partial charge in [0.2, 0.25) is 0 Å². The molecule has 1 aliphatic carbocycles. The third-order valence-electron chi connectivity index (χ3n) is 3.46. The van der Waals surface area contributed by atoms with Gasteiger partial charge in [-0.25, -0.2) is 0 Å². The molecule has 0 spiro atoms. The van der Waals surface area contributed by atoms with Crippen LogP contribution in [0.15, 0.2) is 0 Å². The van der Waals surface area contributed by atoms with Crippen LogP contribution in [-0.2, 0) is 4.79 Å². The number of hydrogen-bond acceptors (Lipinski definition) is 1. The van der Waals surface area contributed by atoms with E-state index in [1.807, 2.05) is 0 Å². The Labute approximate surface area is 88.3 Å². The van der Waals surface area contributed by atoms with Crippen LogP contribution in [0.5, 0.6) is 0 Å². The molecule has 1 unspecified atom stereocenters. The van der Waals surface area contributed by atoms with E-state index in [0.717, 1.165) is 25.2 Å². The lowest BCUT2D eigenvalue weighted by Crippen LogP contribution is -2.17. The Hall–Kier alpha value is -0.330. The lowest BCUT2D eigenvalue weighted by Gasteiger charge is -2.23. The first-order chi connectivity index (χ1) is 6.74. The maximum Gasteiger partial charge on any atom is 0.135 e. The molecule has 0 aromatic rings. The summed E-state index contributed by atoms with van der Waals surface area (Å²) >= 11 is 0. The fourth-order valence-corrected chi connectivity index (χ4v) is 2.55. The number of carbonyl (C=O) groups is 1. The molecule has 1 heteroatoms. The lowest BCUT2D eigenvalue weighted by atomic mass is 9.82. The molecule has 0 N–H and O–H groups in total. The molecule has 0 amide bonds. The molecule has 82 valence electrons. The Balaban J connectivity index is 2.24. The zero-order chi connectivity index (χ0) is 10.4. The Kier molecular flexibility index (Phi) is 5.21. The highest BCUT2D eigenvalue weighted by Crippen LogP contribution is 2.29. The smallest absolute Gasteiger partial charge is 0.135 e. The minimum Gasteiger partial charge on any atom is -0.299 e. The molecule has 1 atom stereocenters. The van der Waals surface area contributed by atoms with E-state index in [-0.39, 0.29) is 0 Å². The summed E-state index contributed by atoms with van der Waals surface area (Å²) in [5.41, 5.74) is 0. The molecule has 0 aliphatic heterocycles. The van der Waals surface area contributed by atoms with Gasteiger partial charge < -0.3 is 0 Å². The van der Waals surface area contributed by atoms with Crippen molar-refractivity contribution >= 4 is 5.78 Å². The van der Waals surface area contributed by atoms with Gasteiger partial charge in [-0.2, -0.15) is 0 Å². The zero-order valence-electron chi connectivity index (χ0n) is 9.72. The minimum atomic E-state index is 0.318. The summed E-state index contributed by atoms with van der Waals surface area (Å²) in [4.78, 5) is 11.6. The van der Waals surface area contributed by atoms with E-state index >= 15 is 0 Å². The van der Waals surface area contributed by atoms with Gasteiger partial charge in [0.1, 0.15) is 5.78 Å². The van der Waals surface area contributed by atoms with E-state index in [1.165, 1.54) is 32.1 Å². The molecule has 0 saturated heterocycles. The quantitative estimate of drug-likeness (QED) is 0.650. The van der Waals surface area contributed by atoms with Crippen LogP contribution in [0.25, 0.3) is 0 Å². The first-order valence-corrected chi connectivity index (χ1v) is 6.26. The molecule has 1 fully saturated rings. The monoisotopic (exact) mass is 196 g/mol. The standard InChI is InChI=1S/C13H24O/c1-3-7-13(14)11(2)10-12-8-5-4-6-9-12/h11-12H,3-10H2,1-2H3. The van der Waals surface area contributed by atoms with Crippen molar-refractivity contribution in [3.63, 3.8) is 0 Å². The van der Waals surface area contributed by atoms with E-state index in [1.54, 1.807) is 0 Å². The second kappa shape index (κ2) is 6.21. The third-order valence-corrected chi connectivity index (χ3v) is 3.46. The van der Waals surface area contributed by atoms with Crippen LogP contribution in [0.1, 0.15) is 65.2 Å².